The molecule has 23 heavy (non-hydrogen) atoms. The Morgan fingerprint density at radius 1 is 1.17 bits per heavy atom. The van der Waals surface area contributed by atoms with E-state index in [2.05, 4.69) is 47.6 Å². The van der Waals surface area contributed by atoms with E-state index in [4.69, 9.17) is 5.26 Å². The van der Waals surface area contributed by atoms with E-state index < -0.39 is 0 Å². The summed E-state index contributed by atoms with van der Waals surface area (Å²) >= 11 is 0. The fourth-order valence-electron chi connectivity index (χ4n) is 2.21. The average molecular weight is 312 g/mol. The van der Waals surface area contributed by atoms with Crippen LogP contribution in [0.15, 0.2) is 24.3 Å². The third-order valence-corrected chi connectivity index (χ3v) is 4.32. The van der Waals surface area contributed by atoms with Gasteiger partial charge in [-0.25, -0.2) is 0 Å². The van der Waals surface area contributed by atoms with Crippen LogP contribution in [0.5, 0.6) is 0 Å². The van der Waals surface area contributed by atoms with E-state index in [0.29, 0.717) is 11.5 Å². The van der Waals surface area contributed by atoms with Crippen molar-refractivity contribution in [3.63, 3.8) is 0 Å². The lowest BCUT2D eigenvalue weighted by Crippen LogP contribution is -2.20. The first-order chi connectivity index (χ1) is 10.7. The molecule has 0 aliphatic rings. The Morgan fingerprint density at radius 3 is 2.13 bits per heavy atom. The second kappa shape index (κ2) is 11.1. The average Bonchev–Trinajstić information content (AvgIpc) is 2.51. The van der Waals surface area contributed by atoms with Crippen molar-refractivity contribution in [2.24, 2.45) is 17.8 Å². The van der Waals surface area contributed by atoms with Crippen LogP contribution in [0.3, 0.4) is 0 Å². The van der Waals surface area contributed by atoms with Crippen molar-refractivity contribution in [1.29, 1.82) is 5.26 Å². The Bertz CT molecular complexity index is 517. The largest absolute Gasteiger partial charge is 0.312 e. The van der Waals surface area contributed by atoms with Gasteiger partial charge < -0.3 is 4.79 Å². The monoisotopic (exact) mass is 312 g/mol. The molecule has 0 N–H and O–H groups in total. The SMILES string of the molecule is CC(=O)[B]C(c1cccc(C#N)c1)C(C)C.CCC(C)C(C)C. The molecule has 0 aliphatic heterocycles. The van der Waals surface area contributed by atoms with Gasteiger partial charge in [0.1, 0.15) is 0 Å². The summed E-state index contributed by atoms with van der Waals surface area (Å²) < 4.78 is 0. The van der Waals surface area contributed by atoms with Crippen LogP contribution in [-0.4, -0.2) is 13.0 Å². The number of hydrogen-bond acceptors (Lipinski definition) is 2. The molecule has 1 radical (unpaired) electrons. The number of rotatable bonds is 6. The van der Waals surface area contributed by atoms with Crippen molar-refractivity contribution in [2.75, 3.05) is 0 Å². The Kier molecular flexibility index (Phi) is 10.3. The minimum Gasteiger partial charge on any atom is -0.312 e. The van der Waals surface area contributed by atoms with Gasteiger partial charge in [0.05, 0.1) is 17.3 Å². The zero-order valence-corrected chi connectivity index (χ0v) is 15.8. The minimum absolute atomic E-state index is 0.0704. The summed E-state index contributed by atoms with van der Waals surface area (Å²) in [4.78, 5) is 11.2. The van der Waals surface area contributed by atoms with Gasteiger partial charge in [-0.2, -0.15) is 5.26 Å². The fourth-order valence-corrected chi connectivity index (χ4v) is 2.21. The molecule has 0 bridgehead atoms. The molecule has 0 heterocycles. The summed E-state index contributed by atoms with van der Waals surface area (Å²) in [6.45, 7) is 14.8. The molecule has 0 saturated heterocycles. The van der Waals surface area contributed by atoms with Crippen LogP contribution in [0.2, 0.25) is 0 Å². The highest BCUT2D eigenvalue weighted by atomic mass is 16.1. The van der Waals surface area contributed by atoms with Gasteiger partial charge in [-0.3, -0.25) is 0 Å². The van der Waals surface area contributed by atoms with Crippen LogP contribution in [0, 0.1) is 29.1 Å². The molecule has 0 aromatic heterocycles. The molecular formula is C20H31BNO. The van der Waals surface area contributed by atoms with Crippen LogP contribution in [0.4, 0.5) is 0 Å². The topological polar surface area (TPSA) is 40.9 Å². The second-order valence-electron chi connectivity index (χ2n) is 6.91. The number of benzene rings is 1. The van der Waals surface area contributed by atoms with Crippen LogP contribution >= 0.6 is 0 Å². The molecular weight excluding hydrogens is 281 g/mol. The van der Waals surface area contributed by atoms with Gasteiger partial charge in [-0.05, 0) is 42.6 Å². The number of nitriles is 1. The van der Waals surface area contributed by atoms with E-state index in [1.54, 1.807) is 20.3 Å². The Balaban J connectivity index is 0.000000585. The van der Waals surface area contributed by atoms with E-state index >= 15 is 0 Å². The van der Waals surface area contributed by atoms with E-state index in [0.717, 1.165) is 17.4 Å². The van der Waals surface area contributed by atoms with Gasteiger partial charge in [-0.15, -0.1) is 0 Å². The van der Waals surface area contributed by atoms with E-state index in [-0.39, 0.29) is 11.5 Å². The fraction of sp³-hybridized carbons (Fsp3) is 0.600. The maximum Gasteiger partial charge on any atom is 0.210 e. The Hall–Kier alpha value is -1.56. The molecule has 2 unspecified atom stereocenters. The molecule has 0 saturated carbocycles. The van der Waals surface area contributed by atoms with Crippen LogP contribution in [0.1, 0.15) is 71.8 Å². The molecule has 2 nitrogen and oxygen atoms in total. The lowest BCUT2D eigenvalue weighted by molar-refractivity contribution is -0.110. The zero-order valence-electron chi connectivity index (χ0n) is 15.8. The quantitative estimate of drug-likeness (QED) is 0.678. The summed E-state index contributed by atoms with van der Waals surface area (Å²) in [7, 11) is 1.72. The summed E-state index contributed by atoms with van der Waals surface area (Å²) in [6.07, 6.45) is 1.32. The van der Waals surface area contributed by atoms with Gasteiger partial charge in [0.2, 0.25) is 7.28 Å². The molecule has 0 fully saturated rings. The van der Waals surface area contributed by atoms with Crippen molar-refractivity contribution in [3.05, 3.63) is 35.4 Å². The highest BCUT2D eigenvalue weighted by Gasteiger charge is 2.19. The first-order valence-corrected chi connectivity index (χ1v) is 8.58. The molecule has 125 valence electrons. The number of carbonyl (C=O) groups excluding carboxylic acids is 1. The highest BCUT2D eigenvalue weighted by molar-refractivity contribution is 6.74. The van der Waals surface area contributed by atoms with E-state index in [1.165, 1.54) is 6.42 Å². The van der Waals surface area contributed by atoms with Gasteiger partial charge in [0, 0.05) is 0 Å². The number of nitrogens with zero attached hydrogens (tertiary/aromatic N) is 1. The minimum atomic E-state index is 0.0704. The maximum atomic E-state index is 11.2. The molecule has 1 rings (SSSR count). The lowest BCUT2D eigenvalue weighted by Gasteiger charge is -2.19. The molecule has 1 aromatic rings. The Labute approximate surface area is 143 Å². The molecule has 1 aromatic carbocycles. The summed E-state index contributed by atoms with van der Waals surface area (Å²) in [5, 5.41) is 8.84. The van der Waals surface area contributed by atoms with Crippen molar-refractivity contribution in [2.45, 2.75) is 60.7 Å². The first-order valence-electron chi connectivity index (χ1n) is 8.58. The standard InChI is InChI=1S/C13H15BNO.C7H16/c1-9(2)13(14-10(3)16)12-6-4-5-11(7-12)8-15;1-5-7(4)6(2)3/h4-7,9,13H,1-3H3;6-7H,5H2,1-4H3. The maximum absolute atomic E-state index is 11.2. The van der Waals surface area contributed by atoms with E-state index in [9.17, 15) is 4.79 Å². The van der Waals surface area contributed by atoms with Crippen molar-refractivity contribution < 1.29 is 4.79 Å². The number of hydrogen-bond donors (Lipinski definition) is 0. The van der Waals surface area contributed by atoms with Gasteiger partial charge in [0.25, 0.3) is 0 Å². The Morgan fingerprint density at radius 2 is 1.78 bits per heavy atom. The van der Waals surface area contributed by atoms with Crippen molar-refractivity contribution in [3.8, 4) is 6.07 Å². The third-order valence-electron chi connectivity index (χ3n) is 4.32. The lowest BCUT2D eigenvalue weighted by atomic mass is 9.55. The molecule has 0 spiro atoms. The van der Waals surface area contributed by atoms with Gasteiger partial charge in [-0.1, -0.05) is 65.7 Å². The first kappa shape index (κ1) is 21.4. The van der Waals surface area contributed by atoms with E-state index in [1.807, 2.05) is 18.2 Å². The zero-order chi connectivity index (χ0) is 18.0. The van der Waals surface area contributed by atoms with Gasteiger partial charge >= 0.3 is 0 Å². The summed E-state index contributed by atoms with van der Waals surface area (Å²) in [5.74, 6) is 2.20. The second-order valence-corrected chi connectivity index (χ2v) is 6.91. The highest BCUT2D eigenvalue weighted by Crippen LogP contribution is 2.24. The van der Waals surface area contributed by atoms with Crippen molar-refractivity contribution >= 4 is 13.0 Å². The molecule has 3 heteroatoms. The van der Waals surface area contributed by atoms with Crippen LogP contribution in [0.25, 0.3) is 0 Å². The molecule has 0 aliphatic carbocycles. The molecule has 0 amide bonds. The molecule has 2 atom stereocenters. The van der Waals surface area contributed by atoms with Gasteiger partial charge in [0.15, 0.2) is 0 Å². The number of carbonyl (C=O) groups is 1. The predicted molar refractivity (Wildman–Crippen MR) is 99.5 cm³/mol. The normalized spacial score (nSPS) is 12.9. The summed E-state index contributed by atoms with van der Waals surface area (Å²) in [6, 6.07) is 9.56. The third kappa shape index (κ3) is 8.60. The predicted octanol–water partition coefficient (Wildman–Crippen LogP) is 5.19. The smallest absolute Gasteiger partial charge is 0.210 e. The van der Waals surface area contributed by atoms with Crippen LogP contribution in [-0.2, 0) is 4.79 Å². The van der Waals surface area contributed by atoms with Crippen molar-refractivity contribution in [1.82, 2.24) is 0 Å². The van der Waals surface area contributed by atoms with Crippen LogP contribution < -0.4 is 0 Å². The summed E-state index contributed by atoms with van der Waals surface area (Å²) in [5.41, 5.74) is 1.74.